The summed E-state index contributed by atoms with van der Waals surface area (Å²) in [4.78, 5) is 33.1. The highest BCUT2D eigenvalue weighted by Gasteiger charge is 2.36. The SMILES string of the molecule is CC(=O)OC1COC(n2ccc3cc([N+](=O)[O-])ccc32)CC1OC(C)=O. The molecule has 138 valence electrons. The van der Waals surface area contributed by atoms with E-state index in [1.807, 2.05) is 4.57 Å². The number of aromatic nitrogens is 1. The second-order valence-corrected chi connectivity index (χ2v) is 6.04. The van der Waals surface area contributed by atoms with Crippen LogP contribution in [0.3, 0.4) is 0 Å². The van der Waals surface area contributed by atoms with Crippen LogP contribution < -0.4 is 0 Å². The third-order valence-corrected chi connectivity index (χ3v) is 4.16. The quantitative estimate of drug-likeness (QED) is 0.466. The lowest BCUT2D eigenvalue weighted by atomic mass is 10.1. The molecule has 0 radical (unpaired) electrons. The van der Waals surface area contributed by atoms with Crippen molar-refractivity contribution in [3.8, 4) is 0 Å². The molecular formula is C17H18N2O7. The summed E-state index contributed by atoms with van der Waals surface area (Å²) >= 11 is 0. The van der Waals surface area contributed by atoms with Gasteiger partial charge in [-0.05, 0) is 12.1 Å². The Kier molecular flexibility index (Phi) is 4.90. The highest BCUT2D eigenvalue weighted by atomic mass is 16.6. The van der Waals surface area contributed by atoms with Crippen LogP contribution in [0.1, 0.15) is 26.5 Å². The van der Waals surface area contributed by atoms with Crippen LogP contribution >= 0.6 is 0 Å². The second kappa shape index (κ2) is 7.12. The van der Waals surface area contributed by atoms with Crippen LogP contribution in [0.15, 0.2) is 30.5 Å². The third kappa shape index (κ3) is 3.67. The minimum Gasteiger partial charge on any atom is -0.458 e. The van der Waals surface area contributed by atoms with Gasteiger partial charge in [0.25, 0.3) is 5.69 Å². The number of benzene rings is 1. The monoisotopic (exact) mass is 362 g/mol. The topological polar surface area (TPSA) is 110 Å². The molecule has 9 nitrogen and oxygen atoms in total. The molecule has 0 N–H and O–H groups in total. The van der Waals surface area contributed by atoms with Crippen LogP contribution in [0.5, 0.6) is 0 Å². The van der Waals surface area contributed by atoms with Gasteiger partial charge in [-0.2, -0.15) is 0 Å². The molecule has 2 heterocycles. The van der Waals surface area contributed by atoms with Crippen molar-refractivity contribution < 1.29 is 28.7 Å². The van der Waals surface area contributed by atoms with E-state index < -0.39 is 35.3 Å². The lowest BCUT2D eigenvalue weighted by Crippen LogP contribution is -2.44. The molecule has 0 bridgehead atoms. The maximum absolute atomic E-state index is 11.4. The average molecular weight is 362 g/mol. The fourth-order valence-corrected chi connectivity index (χ4v) is 3.10. The fraction of sp³-hybridized carbons (Fsp3) is 0.412. The van der Waals surface area contributed by atoms with Crippen LogP contribution in [0.25, 0.3) is 10.9 Å². The molecule has 9 heteroatoms. The van der Waals surface area contributed by atoms with E-state index in [0.29, 0.717) is 5.39 Å². The molecule has 1 aromatic carbocycles. The molecule has 3 rings (SSSR count). The smallest absolute Gasteiger partial charge is 0.303 e. The van der Waals surface area contributed by atoms with Crippen molar-refractivity contribution in [2.24, 2.45) is 0 Å². The summed E-state index contributed by atoms with van der Waals surface area (Å²) in [7, 11) is 0. The first kappa shape index (κ1) is 17.9. The number of nitro benzene ring substituents is 1. The number of nitrogens with zero attached hydrogens (tertiary/aromatic N) is 2. The maximum atomic E-state index is 11.4. The Labute approximate surface area is 148 Å². The average Bonchev–Trinajstić information content (AvgIpc) is 2.98. The maximum Gasteiger partial charge on any atom is 0.303 e. The van der Waals surface area contributed by atoms with Crippen molar-refractivity contribution in [1.29, 1.82) is 0 Å². The summed E-state index contributed by atoms with van der Waals surface area (Å²) in [6.07, 6.45) is 0.292. The number of fused-ring (bicyclic) bond motifs is 1. The zero-order valence-electron chi connectivity index (χ0n) is 14.3. The standard InChI is InChI=1S/C17H18N2O7/c1-10(20)25-15-8-17(24-9-16(15)26-11(2)21)18-6-5-12-7-13(19(22)23)3-4-14(12)18/h3-7,15-17H,8-9H2,1-2H3. The molecule has 1 aromatic heterocycles. The molecule has 3 unspecified atom stereocenters. The number of rotatable bonds is 4. The summed E-state index contributed by atoms with van der Waals surface area (Å²) in [5, 5.41) is 11.6. The molecule has 1 aliphatic heterocycles. The zero-order chi connectivity index (χ0) is 18.8. The van der Waals surface area contributed by atoms with E-state index in [2.05, 4.69) is 0 Å². The highest BCUT2D eigenvalue weighted by molar-refractivity contribution is 5.82. The van der Waals surface area contributed by atoms with Gasteiger partial charge in [-0.15, -0.1) is 0 Å². The van der Waals surface area contributed by atoms with Crippen LogP contribution in [0, 0.1) is 10.1 Å². The van der Waals surface area contributed by atoms with Gasteiger partial charge in [-0.3, -0.25) is 19.7 Å². The highest BCUT2D eigenvalue weighted by Crippen LogP contribution is 2.31. The van der Waals surface area contributed by atoms with Crippen LogP contribution in [0.2, 0.25) is 0 Å². The van der Waals surface area contributed by atoms with E-state index in [0.717, 1.165) is 5.52 Å². The Bertz CT molecular complexity index is 860. The van der Waals surface area contributed by atoms with Crippen molar-refractivity contribution in [3.05, 3.63) is 40.6 Å². The Morgan fingerprint density at radius 1 is 1.19 bits per heavy atom. The number of non-ortho nitro benzene ring substituents is 1. The van der Waals surface area contributed by atoms with Gasteiger partial charge in [0.15, 0.2) is 6.10 Å². The van der Waals surface area contributed by atoms with Crippen molar-refractivity contribution in [2.45, 2.75) is 38.7 Å². The summed E-state index contributed by atoms with van der Waals surface area (Å²) in [5.74, 6) is -0.950. The summed E-state index contributed by atoms with van der Waals surface area (Å²) in [5.41, 5.74) is 0.764. The third-order valence-electron chi connectivity index (χ3n) is 4.16. The number of carbonyl (C=O) groups excluding carboxylic acids is 2. The van der Waals surface area contributed by atoms with Crippen LogP contribution in [-0.2, 0) is 23.8 Å². The fourth-order valence-electron chi connectivity index (χ4n) is 3.10. The van der Waals surface area contributed by atoms with E-state index in [4.69, 9.17) is 14.2 Å². The Morgan fingerprint density at radius 2 is 1.88 bits per heavy atom. The van der Waals surface area contributed by atoms with E-state index in [1.165, 1.54) is 26.0 Å². The Balaban J connectivity index is 1.85. The molecule has 0 amide bonds. The van der Waals surface area contributed by atoms with Crippen molar-refractivity contribution in [2.75, 3.05) is 6.61 Å². The first-order valence-corrected chi connectivity index (χ1v) is 8.06. The number of hydrogen-bond donors (Lipinski definition) is 0. The molecule has 0 saturated carbocycles. The van der Waals surface area contributed by atoms with E-state index in [9.17, 15) is 19.7 Å². The van der Waals surface area contributed by atoms with Gasteiger partial charge in [-0.1, -0.05) is 0 Å². The lowest BCUT2D eigenvalue weighted by molar-refractivity contribution is -0.384. The minimum absolute atomic E-state index is 0.00697. The number of esters is 2. The molecule has 0 aliphatic carbocycles. The lowest BCUT2D eigenvalue weighted by Gasteiger charge is -2.35. The predicted octanol–water partition coefficient (Wildman–Crippen LogP) is 2.33. The predicted molar refractivity (Wildman–Crippen MR) is 89.3 cm³/mol. The van der Waals surface area contributed by atoms with Crippen molar-refractivity contribution in [3.63, 3.8) is 0 Å². The molecule has 0 spiro atoms. The molecule has 1 saturated heterocycles. The van der Waals surface area contributed by atoms with Gasteiger partial charge in [0, 0.05) is 44.0 Å². The summed E-state index contributed by atoms with van der Waals surface area (Å²) in [6.45, 7) is 2.65. The van der Waals surface area contributed by atoms with E-state index in [-0.39, 0.29) is 18.7 Å². The van der Waals surface area contributed by atoms with Crippen LogP contribution in [-0.4, -0.2) is 40.2 Å². The van der Waals surface area contributed by atoms with Crippen molar-refractivity contribution >= 4 is 28.5 Å². The molecule has 26 heavy (non-hydrogen) atoms. The summed E-state index contributed by atoms with van der Waals surface area (Å²) < 4.78 is 18.1. The van der Waals surface area contributed by atoms with Crippen LogP contribution in [0.4, 0.5) is 5.69 Å². The number of ether oxygens (including phenoxy) is 3. The summed E-state index contributed by atoms with van der Waals surface area (Å²) in [6, 6.07) is 6.31. The first-order valence-electron chi connectivity index (χ1n) is 8.06. The van der Waals surface area contributed by atoms with Gasteiger partial charge in [0.1, 0.15) is 12.3 Å². The Hall–Kier alpha value is -2.94. The minimum atomic E-state index is -0.671. The molecule has 2 aromatic rings. The zero-order valence-corrected chi connectivity index (χ0v) is 14.3. The largest absolute Gasteiger partial charge is 0.458 e. The first-order chi connectivity index (χ1) is 12.3. The van der Waals surface area contributed by atoms with Gasteiger partial charge < -0.3 is 18.8 Å². The number of nitro groups is 1. The van der Waals surface area contributed by atoms with E-state index >= 15 is 0 Å². The normalized spacial score (nSPS) is 22.8. The second-order valence-electron chi connectivity index (χ2n) is 6.04. The number of hydrogen-bond acceptors (Lipinski definition) is 7. The van der Waals surface area contributed by atoms with Gasteiger partial charge >= 0.3 is 11.9 Å². The molecule has 3 atom stereocenters. The van der Waals surface area contributed by atoms with Gasteiger partial charge in [0.05, 0.1) is 17.0 Å². The molecule has 1 aliphatic rings. The number of carbonyl (C=O) groups is 2. The van der Waals surface area contributed by atoms with E-state index in [1.54, 1.807) is 18.3 Å². The van der Waals surface area contributed by atoms with Crippen molar-refractivity contribution in [1.82, 2.24) is 4.57 Å². The van der Waals surface area contributed by atoms with Gasteiger partial charge in [-0.25, -0.2) is 0 Å². The molecular weight excluding hydrogens is 344 g/mol. The molecule has 1 fully saturated rings. The Morgan fingerprint density at radius 3 is 2.54 bits per heavy atom. The van der Waals surface area contributed by atoms with Gasteiger partial charge in [0.2, 0.25) is 0 Å².